The van der Waals surface area contributed by atoms with Gasteiger partial charge >= 0.3 is 0 Å². The van der Waals surface area contributed by atoms with Crippen LogP contribution in [0.15, 0.2) is 84.9 Å². The molecule has 0 atom stereocenters. The van der Waals surface area contributed by atoms with Crippen molar-refractivity contribution in [1.82, 2.24) is 0 Å². The Morgan fingerprint density at radius 2 is 1.46 bits per heavy atom. The summed E-state index contributed by atoms with van der Waals surface area (Å²) in [4.78, 5) is 11.1. The number of fused-ring (bicyclic) bond motifs is 4. The molecule has 0 bridgehead atoms. The third-order valence-corrected chi connectivity index (χ3v) is 5.40. The van der Waals surface area contributed by atoms with Crippen LogP contribution in [0.25, 0.3) is 43.7 Å². The molecule has 0 N–H and O–H groups in total. The topological polar surface area (TPSA) is 47.0 Å². The highest BCUT2D eigenvalue weighted by Gasteiger charge is 2.23. The van der Waals surface area contributed by atoms with E-state index in [0.29, 0.717) is 0 Å². The van der Waals surface area contributed by atoms with Gasteiger partial charge in [-0.2, -0.15) is 4.57 Å². The second-order valence-corrected chi connectivity index (χ2v) is 6.94. The summed E-state index contributed by atoms with van der Waals surface area (Å²) >= 11 is 0. The number of nitro groups is 1. The van der Waals surface area contributed by atoms with Gasteiger partial charge in [-0.1, -0.05) is 48.5 Å². The van der Waals surface area contributed by atoms with Crippen LogP contribution in [0, 0.1) is 10.1 Å². The maximum absolute atomic E-state index is 11.5. The summed E-state index contributed by atoms with van der Waals surface area (Å²) < 4.78 is 2.14. The molecule has 28 heavy (non-hydrogen) atoms. The molecule has 134 valence electrons. The van der Waals surface area contributed by atoms with Crippen LogP contribution in [0.1, 0.15) is 0 Å². The molecule has 0 saturated heterocycles. The van der Waals surface area contributed by atoms with Crippen molar-refractivity contribution >= 4 is 38.1 Å². The third-order valence-electron chi connectivity index (χ3n) is 5.40. The van der Waals surface area contributed by atoms with Crippen molar-refractivity contribution in [2.24, 2.45) is 7.05 Å². The van der Waals surface area contributed by atoms with Crippen LogP contribution in [0.2, 0.25) is 0 Å². The summed E-state index contributed by atoms with van der Waals surface area (Å²) in [5, 5.41) is 16.7. The number of rotatable bonds is 2. The Balaban J connectivity index is 2.02. The third kappa shape index (κ3) is 2.35. The molecule has 0 aliphatic carbocycles. The zero-order chi connectivity index (χ0) is 19.3. The quantitative estimate of drug-likeness (QED) is 0.178. The van der Waals surface area contributed by atoms with Crippen molar-refractivity contribution in [3.05, 3.63) is 95.0 Å². The Bertz CT molecular complexity index is 1400. The highest BCUT2D eigenvalue weighted by molar-refractivity contribution is 6.11. The molecule has 1 heterocycles. The van der Waals surface area contributed by atoms with E-state index >= 15 is 0 Å². The first-order valence-corrected chi connectivity index (χ1v) is 9.12. The number of aryl methyl sites for hydroxylation is 1. The Labute approximate surface area is 161 Å². The minimum atomic E-state index is -0.332. The van der Waals surface area contributed by atoms with Crippen LogP contribution in [0.3, 0.4) is 0 Å². The van der Waals surface area contributed by atoms with Gasteiger partial charge in [-0.15, -0.1) is 0 Å². The Morgan fingerprint density at radius 1 is 0.750 bits per heavy atom. The Morgan fingerprint density at radius 3 is 2.29 bits per heavy atom. The molecule has 4 nitrogen and oxygen atoms in total. The average Bonchev–Trinajstić information content (AvgIpc) is 2.73. The highest BCUT2D eigenvalue weighted by atomic mass is 16.6. The molecule has 0 spiro atoms. The molecule has 0 amide bonds. The lowest BCUT2D eigenvalue weighted by Gasteiger charge is -2.11. The summed E-state index contributed by atoms with van der Waals surface area (Å²) in [5.41, 5.74) is 3.24. The van der Waals surface area contributed by atoms with Gasteiger partial charge in [0.1, 0.15) is 7.05 Å². The van der Waals surface area contributed by atoms with Crippen molar-refractivity contribution in [2.45, 2.75) is 0 Å². The fraction of sp³-hybridized carbons (Fsp3) is 0.0417. The fourth-order valence-electron chi connectivity index (χ4n) is 4.13. The number of para-hydroxylation sites is 1. The number of hydrogen-bond acceptors (Lipinski definition) is 2. The monoisotopic (exact) mass is 365 g/mol. The van der Waals surface area contributed by atoms with Gasteiger partial charge in [0.2, 0.25) is 11.2 Å². The molecule has 0 saturated carbocycles. The number of nitro benzene ring substituents is 1. The molecule has 0 fully saturated rings. The molecule has 0 aliphatic heterocycles. The molecule has 4 heteroatoms. The number of aromatic nitrogens is 1. The molecular formula is C24H17N2O2+. The predicted molar refractivity (Wildman–Crippen MR) is 112 cm³/mol. The van der Waals surface area contributed by atoms with Crippen LogP contribution >= 0.6 is 0 Å². The van der Waals surface area contributed by atoms with Crippen molar-refractivity contribution < 1.29 is 9.49 Å². The lowest BCUT2D eigenvalue weighted by atomic mass is 9.95. The summed E-state index contributed by atoms with van der Waals surface area (Å²) in [6, 6.07) is 27.8. The van der Waals surface area contributed by atoms with Crippen molar-refractivity contribution in [3.8, 4) is 11.3 Å². The van der Waals surface area contributed by atoms with Crippen LogP contribution in [-0.2, 0) is 7.05 Å². The molecule has 1 aromatic heterocycles. The van der Waals surface area contributed by atoms with E-state index in [4.69, 9.17) is 0 Å². The number of nitrogens with zero attached hydrogens (tertiary/aromatic N) is 2. The standard InChI is InChI=1S/C24H17N2O2/c1-25-23-12-5-4-10-20(23)19-14-13-17(26(27)28)15-22(19)24(25)21-11-6-8-16-7-2-3-9-18(16)21/h2-15H,1H3/q+1. The minimum absolute atomic E-state index is 0.101. The normalized spacial score (nSPS) is 11.3. The van der Waals surface area contributed by atoms with Gasteiger partial charge in [0.05, 0.1) is 21.3 Å². The maximum atomic E-state index is 11.5. The summed E-state index contributed by atoms with van der Waals surface area (Å²) in [6.45, 7) is 0. The van der Waals surface area contributed by atoms with E-state index in [2.05, 4.69) is 41.0 Å². The predicted octanol–water partition coefficient (Wildman–Crippen LogP) is 5.55. The summed E-state index contributed by atoms with van der Waals surface area (Å²) in [6.07, 6.45) is 0. The first kappa shape index (κ1) is 16.4. The van der Waals surface area contributed by atoms with E-state index in [0.717, 1.165) is 43.7 Å². The summed E-state index contributed by atoms with van der Waals surface area (Å²) in [7, 11) is 2.03. The lowest BCUT2D eigenvalue weighted by Crippen LogP contribution is -2.32. The summed E-state index contributed by atoms with van der Waals surface area (Å²) in [5.74, 6) is 0. The molecule has 0 unspecified atom stereocenters. The first-order valence-electron chi connectivity index (χ1n) is 9.12. The molecule has 0 aliphatic rings. The zero-order valence-electron chi connectivity index (χ0n) is 15.3. The molecule has 5 rings (SSSR count). The molecule has 4 aromatic carbocycles. The van der Waals surface area contributed by atoms with Crippen molar-refractivity contribution in [2.75, 3.05) is 0 Å². The van der Waals surface area contributed by atoms with Crippen LogP contribution in [0.5, 0.6) is 0 Å². The molecular weight excluding hydrogens is 348 g/mol. The van der Waals surface area contributed by atoms with Gasteiger partial charge in [-0.3, -0.25) is 10.1 Å². The van der Waals surface area contributed by atoms with E-state index in [-0.39, 0.29) is 10.6 Å². The second-order valence-electron chi connectivity index (χ2n) is 6.94. The van der Waals surface area contributed by atoms with E-state index in [1.807, 2.05) is 43.4 Å². The number of benzene rings is 4. The second kappa shape index (κ2) is 6.13. The van der Waals surface area contributed by atoms with E-state index < -0.39 is 0 Å². The smallest absolute Gasteiger partial charge is 0.258 e. The van der Waals surface area contributed by atoms with Gasteiger partial charge < -0.3 is 0 Å². The van der Waals surface area contributed by atoms with E-state index in [1.54, 1.807) is 12.1 Å². The van der Waals surface area contributed by atoms with Gasteiger partial charge in [0, 0.05) is 23.6 Å². The number of pyridine rings is 1. The van der Waals surface area contributed by atoms with Crippen LogP contribution in [-0.4, -0.2) is 4.92 Å². The van der Waals surface area contributed by atoms with E-state index in [9.17, 15) is 10.1 Å². The molecule has 5 aromatic rings. The largest absolute Gasteiger partial charge is 0.270 e. The fourth-order valence-corrected chi connectivity index (χ4v) is 4.13. The van der Waals surface area contributed by atoms with Crippen molar-refractivity contribution in [3.63, 3.8) is 0 Å². The van der Waals surface area contributed by atoms with Gasteiger partial charge in [-0.05, 0) is 29.0 Å². The number of non-ortho nitro benzene ring substituents is 1. The van der Waals surface area contributed by atoms with Crippen molar-refractivity contribution in [1.29, 1.82) is 0 Å². The SMILES string of the molecule is C[n+]1c(-c2cccc3ccccc23)c2cc([N+](=O)[O-])ccc2c2ccccc21. The van der Waals surface area contributed by atoms with Crippen LogP contribution in [0.4, 0.5) is 5.69 Å². The Hall–Kier alpha value is -3.79. The van der Waals surface area contributed by atoms with E-state index in [1.165, 1.54) is 0 Å². The first-order chi connectivity index (χ1) is 13.6. The average molecular weight is 365 g/mol. The minimum Gasteiger partial charge on any atom is -0.258 e. The highest BCUT2D eigenvalue weighted by Crippen LogP contribution is 2.36. The number of hydrogen-bond donors (Lipinski definition) is 0. The molecule has 0 radical (unpaired) electrons. The van der Waals surface area contributed by atoms with Gasteiger partial charge in [0.25, 0.3) is 5.69 Å². The van der Waals surface area contributed by atoms with Gasteiger partial charge in [-0.25, -0.2) is 0 Å². The maximum Gasteiger partial charge on any atom is 0.270 e. The zero-order valence-corrected chi connectivity index (χ0v) is 15.3. The van der Waals surface area contributed by atoms with Crippen LogP contribution < -0.4 is 4.57 Å². The Kier molecular flexibility index (Phi) is 3.59. The van der Waals surface area contributed by atoms with Gasteiger partial charge in [0.15, 0.2) is 0 Å². The lowest BCUT2D eigenvalue weighted by molar-refractivity contribution is -0.632.